The molecule has 0 amide bonds. The monoisotopic (exact) mass is 361 g/mol. The fraction of sp³-hybridized carbons (Fsp3) is 0.650. The molecule has 6 heteroatoms. The molecule has 0 spiro atoms. The van der Waals surface area contributed by atoms with Gasteiger partial charge < -0.3 is 25.6 Å². The van der Waals surface area contributed by atoms with Gasteiger partial charge in [-0.2, -0.15) is 0 Å². The second-order valence-corrected chi connectivity index (χ2v) is 6.80. The molecular formula is C20H35N5O. The maximum Gasteiger partial charge on any atom is 0.191 e. The smallest absolute Gasteiger partial charge is 0.191 e. The highest BCUT2D eigenvalue weighted by molar-refractivity contribution is 5.80. The van der Waals surface area contributed by atoms with Gasteiger partial charge in [-0.05, 0) is 43.5 Å². The summed E-state index contributed by atoms with van der Waals surface area (Å²) in [6, 6.07) is 9.00. The largest absolute Gasteiger partial charge is 0.383 e. The van der Waals surface area contributed by atoms with Crippen molar-refractivity contribution in [2.45, 2.75) is 38.8 Å². The highest BCUT2D eigenvalue weighted by Gasteiger charge is 2.19. The number of rotatable bonds is 9. The predicted molar refractivity (Wildman–Crippen MR) is 110 cm³/mol. The van der Waals surface area contributed by atoms with Crippen LogP contribution in [0.5, 0.6) is 0 Å². The lowest BCUT2D eigenvalue weighted by molar-refractivity contribution is 0.206. The molecule has 146 valence electrons. The maximum absolute atomic E-state index is 5.05. The molecule has 2 rings (SSSR count). The lowest BCUT2D eigenvalue weighted by Crippen LogP contribution is -2.48. The van der Waals surface area contributed by atoms with Crippen molar-refractivity contribution >= 4 is 11.6 Å². The average Bonchev–Trinajstić information content (AvgIpc) is 2.68. The molecule has 0 unspecified atom stereocenters. The van der Waals surface area contributed by atoms with Crippen molar-refractivity contribution in [3.05, 3.63) is 29.8 Å². The van der Waals surface area contributed by atoms with E-state index in [1.165, 1.54) is 44.5 Å². The van der Waals surface area contributed by atoms with E-state index in [9.17, 15) is 0 Å². The van der Waals surface area contributed by atoms with E-state index in [0.29, 0.717) is 12.6 Å². The first-order valence-corrected chi connectivity index (χ1v) is 9.76. The Bertz CT molecular complexity index is 524. The zero-order chi connectivity index (χ0) is 18.6. The molecule has 1 heterocycles. The number of aliphatic imine (C=N–C) groups is 1. The summed E-state index contributed by atoms with van der Waals surface area (Å²) >= 11 is 0. The zero-order valence-electron chi connectivity index (χ0n) is 16.6. The van der Waals surface area contributed by atoms with Crippen LogP contribution in [0.3, 0.4) is 0 Å². The Morgan fingerprint density at radius 2 is 1.96 bits per heavy atom. The van der Waals surface area contributed by atoms with Gasteiger partial charge in [0.25, 0.3) is 0 Å². The summed E-state index contributed by atoms with van der Waals surface area (Å²) in [6.45, 7) is 8.13. The van der Waals surface area contributed by atoms with Crippen molar-refractivity contribution in [2.24, 2.45) is 4.99 Å². The Balaban J connectivity index is 1.71. The zero-order valence-corrected chi connectivity index (χ0v) is 16.6. The Morgan fingerprint density at radius 1 is 1.23 bits per heavy atom. The number of likely N-dealkylation sites (tertiary alicyclic amines) is 1. The molecule has 6 nitrogen and oxygen atoms in total. The Hall–Kier alpha value is -1.79. The molecule has 0 saturated carbocycles. The van der Waals surface area contributed by atoms with E-state index in [2.05, 4.69) is 57.0 Å². The van der Waals surface area contributed by atoms with Gasteiger partial charge in [0.05, 0.1) is 6.61 Å². The summed E-state index contributed by atoms with van der Waals surface area (Å²) in [7, 11) is 3.55. The maximum atomic E-state index is 5.05. The van der Waals surface area contributed by atoms with Gasteiger partial charge in [-0.1, -0.05) is 19.1 Å². The van der Waals surface area contributed by atoms with Crippen LogP contribution in [-0.2, 0) is 11.3 Å². The molecule has 1 aromatic rings. The molecule has 0 bridgehead atoms. The minimum Gasteiger partial charge on any atom is -0.383 e. The quantitative estimate of drug-likeness (QED) is 0.358. The summed E-state index contributed by atoms with van der Waals surface area (Å²) in [5.74, 6) is 0.890. The van der Waals surface area contributed by atoms with Crippen LogP contribution >= 0.6 is 0 Å². The first kappa shape index (κ1) is 20.5. The summed E-state index contributed by atoms with van der Waals surface area (Å²) in [5.41, 5.74) is 2.36. The Labute approximate surface area is 158 Å². The minimum atomic E-state index is 0.515. The number of methoxy groups -OCH3 is 1. The predicted octanol–water partition coefficient (Wildman–Crippen LogP) is 2.28. The molecule has 3 N–H and O–H groups in total. The normalized spacial score (nSPS) is 16.5. The Kier molecular flexibility index (Phi) is 9.28. The molecule has 0 atom stereocenters. The fourth-order valence-electron chi connectivity index (χ4n) is 3.23. The Morgan fingerprint density at radius 3 is 2.58 bits per heavy atom. The molecule has 0 aliphatic carbocycles. The standard InChI is InChI=1S/C20H35N5O/c1-4-12-25-13-9-19(10-14-25)24-20(21-2)23-16-17-5-7-18(8-6-17)22-11-15-26-3/h5-8,19,22H,4,9-16H2,1-3H3,(H2,21,23,24). The number of anilines is 1. The van der Waals surface area contributed by atoms with E-state index in [1.54, 1.807) is 7.11 Å². The van der Waals surface area contributed by atoms with E-state index >= 15 is 0 Å². The number of nitrogens with zero attached hydrogens (tertiary/aromatic N) is 2. The van der Waals surface area contributed by atoms with Crippen molar-refractivity contribution in [2.75, 3.05) is 52.3 Å². The van der Waals surface area contributed by atoms with Crippen molar-refractivity contribution in [3.8, 4) is 0 Å². The topological polar surface area (TPSA) is 60.9 Å². The SMILES string of the molecule is CCCN1CCC(NC(=NC)NCc2ccc(NCCOC)cc2)CC1. The number of nitrogens with one attached hydrogen (secondary N) is 3. The van der Waals surface area contributed by atoms with Crippen LogP contribution in [0.25, 0.3) is 0 Å². The van der Waals surface area contributed by atoms with Crippen molar-refractivity contribution < 1.29 is 4.74 Å². The number of ether oxygens (including phenoxy) is 1. The first-order chi connectivity index (χ1) is 12.7. The van der Waals surface area contributed by atoms with E-state index in [1.807, 2.05) is 7.05 Å². The van der Waals surface area contributed by atoms with Crippen LogP contribution in [0.2, 0.25) is 0 Å². The van der Waals surface area contributed by atoms with E-state index in [-0.39, 0.29) is 0 Å². The summed E-state index contributed by atoms with van der Waals surface area (Å²) < 4.78 is 5.05. The lowest BCUT2D eigenvalue weighted by atomic mass is 10.1. The highest BCUT2D eigenvalue weighted by Crippen LogP contribution is 2.11. The van der Waals surface area contributed by atoms with Crippen LogP contribution in [0, 0.1) is 0 Å². The molecule has 1 saturated heterocycles. The molecule has 1 aromatic carbocycles. The number of hydrogen-bond acceptors (Lipinski definition) is 4. The minimum absolute atomic E-state index is 0.515. The van der Waals surface area contributed by atoms with E-state index < -0.39 is 0 Å². The average molecular weight is 362 g/mol. The number of hydrogen-bond donors (Lipinski definition) is 3. The van der Waals surface area contributed by atoms with Crippen molar-refractivity contribution in [1.82, 2.24) is 15.5 Å². The van der Waals surface area contributed by atoms with Gasteiger partial charge in [-0.3, -0.25) is 4.99 Å². The highest BCUT2D eigenvalue weighted by atomic mass is 16.5. The number of piperidine rings is 1. The third kappa shape index (κ3) is 7.22. The van der Waals surface area contributed by atoms with Gasteiger partial charge >= 0.3 is 0 Å². The van der Waals surface area contributed by atoms with Gasteiger partial charge in [-0.25, -0.2) is 0 Å². The number of guanidine groups is 1. The van der Waals surface area contributed by atoms with Crippen LogP contribution in [0.1, 0.15) is 31.7 Å². The molecule has 0 radical (unpaired) electrons. The van der Waals surface area contributed by atoms with E-state index in [4.69, 9.17) is 4.74 Å². The van der Waals surface area contributed by atoms with Gasteiger partial charge in [0.15, 0.2) is 5.96 Å². The molecule has 0 aromatic heterocycles. The summed E-state index contributed by atoms with van der Waals surface area (Å²) in [4.78, 5) is 6.93. The third-order valence-electron chi connectivity index (χ3n) is 4.74. The van der Waals surface area contributed by atoms with Crippen LogP contribution in [-0.4, -0.2) is 63.8 Å². The molecule has 1 aliphatic rings. The molecule has 26 heavy (non-hydrogen) atoms. The van der Waals surface area contributed by atoms with Crippen LogP contribution in [0.4, 0.5) is 5.69 Å². The van der Waals surface area contributed by atoms with Gasteiger partial charge in [0.1, 0.15) is 0 Å². The van der Waals surface area contributed by atoms with Gasteiger partial charge in [-0.15, -0.1) is 0 Å². The molecule has 1 aliphatic heterocycles. The number of benzene rings is 1. The lowest BCUT2D eigenvalue weighted by Gasteiger charge is -2.32. The molecular weight excluding hydrogens is 326 g/mol. The second-order valence-electron chi connectivity index (χ2n) is 6.80. The van der Waals surface area contributed by atoms with Crippen LogP contribution < -0.4 is 16.0 Å². The summed E-state index contributed by atoms with van der Waals surface area (Å²) in [5, 5.41) is 10.3. The van der Waals surface area contributed by atoms with Crippen molar-refractivity contribution in [1.29, 1.82) is 0 Å². The second kappa shape index (κ2) is 11.8. The molecule has 1 fully saturated rings. The van der Waals surface area contributed by atoms with Crippen LogP contribution in [0.15, 0.2) is 29.3 Å². The first-order valence-electron chi connectivity index (χ1n) is 9.76. The van der Waals surface area contributed by atoms with Gasteiger partial charge in [0.2, 0.25) is 0 Å². The third-order valence-corrected chi connectivity index (χ3v) is 4.74. The summed E-state index contributed by atoms with van der Waals surface area (Å²) in [6.07, 6.45) is 3.60. The van der Waals surface area contributed by atoms with Crippen molar-refractivity contribution in [3.63, 3.8) is 0 Å². The van der Waals surface area contributed by atoms with Gasteiger partial charge in [0, 0.05) is 52.1 Å². The van der Waals surface area contributed by atoms with E-state index in [0.717, 1.165) is 24.7 Å². The fourth-order valence-corrected chi connectivity index (χ4v) is 3.23.